The molecular formula is C23H30N4O7. The van der Waals surface area contributed by atoms with Crippen molar-refractivity contribution in [2.75, 3.05) is 13.1 Å². The van der Waals surface area contributed by atoms with Gasteiger partial charge in [-0.25, -0.2) is 4.79 Å². The summed E-state index contributed by atoms with van der Waals surface area (Å²) in [5, 5.41) is 21.1. The number of nitrogens with two attached hydrogens (primary N) is 1. The Bertz CT molecular complexity index is 939. The normalized spacial score (nSPS) is 21.7. The molecule has 0 aliphatic carbocycles. The van der Waals surface area contributed by atoms with Gasteiger partial charge < -0.3 is 31.1 Å². The van der Waals surface area contributed by atoms with E-state index in [0.717, 1.165) is 5.56 Å². The number of nitrogens with zero attached hydrogens (tertiary/aromatic N) is 2. The molecule has 5 N–H and O–H groups in total. The molecule has 0 aromatic heterocycles. The lowest BCUT2D eigenvalue weighted by molar-refractivity contribution is -0.149. The minimum atomic E-state index is -1.25. The standard InChI is InChI=1S/C23H30N4O7/c24-15(13-19(28)29)21(31)27-11-5-9-18(27)22(32)26-10-4-8-17(26)20(30)25-16(23(33)34)12-14-6-2-1-3-7-14/h1-3,6-7,15-18H,4-5,8-13,24H2,(H,25,30)(H,28,29)(H,33,34). The molecule has 2 heterocycles. The van der Waals surface area contributed by atoms with Crippen molar-refractivity contribution in [3.05, 3.63) is 35.9 Å². The summed E-state index contributed by atoms with van der Waals surface area (Å²) in [6, 6.07) is 4.86. The van der Waals surface area contributed by atoms with E-state index >= 15 is 0 Å². The molecule has 11 nitrogen and oxygen atoms in total. The Labute approximate surface area is 196 Å². The minimum Gasteiger partial charge on any atom is -0.481 e. The number of hydrogen-bond donors (Lipinski definition) is 4. The first-order valence-electron chi connectivity index (χ1n) is 11.3. The van der Waals surface area contributed by atoms with Gasteiger partial charge in [0.2, 0.25) is 17.7 Å². The Morgan fingerprint density at radius 1 is 0.971 bits per heavy atom. The van der Waals surface area contributed by atoms with E-state index in [4.69, 9.17) is 10.8 Å². The average molecular weight is 475 g/mol. The topological polar surface area (TPSA) is 170 Å². The molecule has 2 saturated heterocycles. The molecule has 11 heteroatoms. The number of hydrogen-bond acceptors (Lipinski definition) is 6. The SMILES string of the molecule is NC(CC(=O)O)C(=O)N1CCCC1C(=O)N1CCCC1C(=O)NC(Cc1ccccc1)C(=O)O. The summed E-state index contributed by atoms with van der Waals surface area (Å²) >= 11 is 0. The number of carbonyl (C=O) groups is 5. The molecule has 2 fully saturated rings. The van der Waals surface area contributed by atoms with Gasteiger partial charge in [0.25, 0.3) is 0 Å². The molecule has 0 bridgehead atoms. The van der Waals surface area contributed by atoms with Crippen LogP contribution in [0.15, 0.2) is 30.3 Å². The number of likely N-dealkylation sites (tertiary alicyclic amines) is 2. The minimum absolute atomic E-state index is 0.106. The predicted molar refractivity (Wildman–Crippen MR) is 119 cm³/mol. The number of carboxylic acids is 2. The third-order valence-corrected chi connectivity index (χ3v) is 6.27. The Morgan fingerprint density at radius 2 is 1.59 bits per heavy atom. The summed E-state index contributed by atoms with van der Waals surface area (Å²) < 4.78 is 0. The van der Waals surface area contributed by atoms with Crippen molar-refractivity contribution in [1.82, 2.24) is 15.1 Å². The summed E-state index contributed by atoms with van der Waals surface area (Å²) in [7, 11) is 0. The first kappa shape index (κ1) is 25.2. The molecule has 184 valence electrons. The second kappa shape index (κ2) is 11.1. The molecule has 2 aliphatic heterocycles. The van der Waals surface area contributed by atoms with Gasteiger partial charge >= 0.3 is 11.9 Å². The van der Waals surface area contributed by atoms with Crippen LogP contribution in [0.4, 0.5) is 0 Å². The molecule has 0 saturated carbocycles. The Balaban J connectivity index is 1.67. The van der Waals surface area contributed by atoms with Crippen LogP contribution in [0.1, 0.15) is 37.7 Å². The van der Waals surface area contributed by atoms with Crippen LogP contribution in [0, 0.1) is 0 Å². The van der Waals surface area contributed by atoms with Crippen molar-refractivity contribution in [3.8, 4) is 0 Å². The molecule has 1 aromatic rings. The number of nitrogens with one attached hydrogen (secondary N) is 1. The molecule has 0 spiro atoms. The summed E-state index contributed by atoms with van der Waals surface area (Å²) in [5.41, 5.74) is 6.48. The zero-order valence-electron chi connectivity index (χ0n) is 18.8. The van der Waals surface area contributed by atoms with Crippen molar-refractivity contribution in [3.63, 3.8) is 0 Å². The molecular weight excluding hydrogens is 444 g/mol. The van der Waals surface area contributed by atoms with Gasteiger partial charge in [0.05, 0.1) is 12.5 Å². The van der Waals surface area contributed by atoms with Gasteiger partial charge in [-0.15, -0.1) is 0 Å². The van der Waals surface area contributed by atoms with Crippen LogP contribution < -0.4 is 11.1 Å². The average Bonchev–Trinajstić information content (AvgIpc) is 3.48. The van der Waals surface area contributed by atoms with E-state index in [-0.39, 0.29) is 13.0 Å². The zero-order chi connectivity index (χ0) is 24.8. The quantitative estimate of drug-likeness (QED) is 0.374. The van der Waals surface area contributed by atoms with Crippen molar-refractivity contribution < 1.29 is 34.2 Å². The van der Waals surface area contributed by atoms with E-state index in [1.807, 2.05) is 6.07 Å². The van der Waals surface area contributed by atoms with E-state index in [0.29, 0.717) is 32.2 Å². The van der Waals surface area contributed by atoms with E-state index in [2.05, 4.69) is 5.32 Å². The van der Waals surface area contributed by atoms with Crippen molar-refractivity contribution in [2.24, 2.45) is 5.73 Å². The predicted octanol–water partition coefficient (Wildman–Crippen LogP) is -0.417. The Morgan fingerprint density at radius 3 is 2.21 bits per heavy atom. The van der Waals surface area contributed by atoms with Crippen LogP contribution in [0.2, 0.25) is 0 Å². The fraction of sp³-hybridized carbons (Fsp3) is 0.522. The highest BCUT2D eigenvalue weighted by molar-refractivity contribution is 5.95. The van der Waals surface area contributed by atoms with Gasteiger partial charge in [0, 0.05) is 19.5 Å². The van der Waals surface area contributed by atoms with Crippen LogP contribution in [0.25, 0.3) is 0 Å². The summed E-state index contributed by atoms with van der Waals surface area (Å²) in [5.74, 6) is -3.93. The van der Waals surface area contributed by atoms with Crippen LogP contribution in [0.5, 0.6) is 0 Å². The smallest absolute Gasteiger partial charge is 0.326 e. The molecule has 4 unspecified atom stereocenters. The van der Waals surface area contributed by atoms with E-state index < -0.39 is 60.2 Å². The second-order valence-corrected chi connectivity index (χ2v) is 8.67. The van der Waals surface area contributed by atoms with Gasteiger partial charge in [-0.3, -0.25) is 19.2 Å². The second-order valence-electron chi connectivity index (χ2n) is 8.67. The maximum Gasteiger partial charge on any atom is 0.326 e. The highest BCUT2D eigenvalue weighted by atomic mass is 16.4. The number of carbonyl (C=O) groups excluding carboxylic acids is 3. The summed E-state index contributed by atoms with van der Waals surface area (Å²) in [4.78, 5) is 64.3. The first-order valence-corrected chi connectivity index (χ1v) is 11.3. The summed E-state index contributed by atoms with van der Waals surface area (Å²) in [6.45, 7) is 0.596. The fourth-order valence-corrected chi connectivity index (χ4v) is 4.59. The van der Waals surface area contributed by atoms with Crippen LogP contribution in [0.3, 0.4) is 0 Å². The third kappa shape index (κ3) is 5.90. The zero-order valence-corrected chi connectivity index (χ0v) is 18.8. The molecule has 1 aromatic carbocycles. The maximum absolute atomic E-state index is 13.3. The Hall–Kier alpha value is -3.47. The third-order valence-electron chi connectivity index (χ3n) is 6.27. The number of rotatable bonds is 9. The van der Waals surface area contributed by atoms with Crippen LogP contribution in [-0.4, -0.2) is 86.9 Å². The molecule has 34 heavy (non-hydrogen) atoms. The number of benzene rings is 1. The van der Waals surface area contributed by atoms with Gasteiger partial charge in [0.1, 0.15) is 18.1 Å². The lowest BCUT2D eigenvalue weighted by Gasteiger charge is -2.32. The van der Waals surface area contributed by atoms with Crippen molar-refractivity contribution in [1.29, 1.82) is 0 Å². The fourth-order valence-electron chi connectivity index (χ4n) is 4.59. The Kier molecular flexibility index (Phi) is 8.21. The van der Waals surface area contributed by atoms with Crippen molar-refractivity contribution in [2.45, 2.75) is 62.7 Å². The van der Waals surface area contributed by atoms with Gasteiger partial charge in [-0.05, 0) is 31.2 Å². The van der Waals surface area contributed by atoms with Gasteiger partial charge in [0.15, 0.2) is 0 Å². The summed E-state index contributed by atoms with van der Waals surface area (Å²) in [6.07, 6.45) is 1.47. The molecule has 4 atom stereocenters. The maximum atomic E-state index is 13.3. The lowest BCUT2D eigenvalue weighted by Crippen LogP contribution is -2.56. The van der Waals surface area contributed by atoms with Crippen LogP contribution >= 0.6 is 0 Å². The number of aliphatic carboxylic acids is 2. The number of carboxylic acid groups (broad SMARTS) is 2. The highest BCUT2D eigenvalue weighted by Crippen LogP contribution is 2.26. The van der Waals surface area contributed by atoms with Crippen molar-refractivity contribution >= 4 is 29.7 Å². The van der Waals surface area contributed by atoms with E-state index in [9.17, 15) is 29.1 Å². The van der Waals surface area contributed by atoms with E-state index in [1.165, 1.54) is 9.80 Å². The number of amides is 3. The van der Waals surface area contributed by atoms with Crippen LogP contribution in [-0.2, 0) is 30.4 Å². The first-order chi connectivity index (χ1) is 16.2. The monoisotopic (exact) mass is 474 g/mol. The molecule has 0 radical (unpaired) electrons. The lowest BCUT2D eigenvalue weighted by atomic mass is 10.0. The highest BCUT2D eigenvalue weighted by Gasteiger charge is 2.43. The molecule has 3 rings (SSSR count). The molecule has 3 amide bonds. The van der Waals surface area contributed by atoms with E-state index in [1.54, 1.807) is 24.3 Å². The van der Waals surface area contributed by atoms with Gasteiger partial charge in [-0.2, -0.15) is 0 Å². The molecule has 2 aliphatic rings. The largest absolute Gasteiger partial charge is 0.481 e. The van der Waals surface area contributed by atoms with Gasteiger partial charge in [-0.1, -0.05) is 30.3 Å².